The van der Waals surface area contributed by atoms with E-state index in [1.54, 1.807) is 24.8 Å². The predicted octanol–water partition coefficient (Wildman–Crippen LogP) is 3.55. The number of H-pyrrole nitrogens is 1. The lowest BCUT2D eigenvalue weighted by Gasteiger charge is -2.22. The fraction of sp³-hybridized carbons (Fsp3) is 0.208. The Morgan fingerprint density at radius 3 is 2.76 bits per heavy atom. The largest absolute Gasteiger partial charge is 0.346 e. The molecule has 33 heavy (non-hydrogen) atoms. The minimum Gasteiger partial charge on any atom is -0.346 e. The summed E-state index contributed by atoms with van der Waals surface area (Å²) in [6.45, 7) is 1.97. The van der Waals surface area contributed by atoms with Crippen LogP contribution in [0.3, 0.4) is 0 Å². The number of nitrogens with zero attached hydrogens (tertiary/aromatic N) is 5. The van der Waals surface area contributed by atoms with E-state index in [0.717, 1.165) is 59.1 Å². The van der Waals surface area contributed by atoms with Gasteiger partial charge in [-0.05, 0) is 49.7 Å². The summed E-state index contributed by atoms with van der Waals surface area (Å²) in [5.74, 6) is -0.217. The van der Waals surface area contributed by atoms with Crippen LogP contribution in [0.5, 0.6) is 0 Å². The molecular formula is C24H22N8O. The zero-order chi connectivity index (χ0) is 22.2. The van der Waals surface area contributed by atoms with Crippen LogP contribution in [-0.2, 0) is 0 Å². The van der Waals surface area contributed by atoms with E-state index in [2.05, 4.69) is 35.7 Å². The van der Waals surface area contributed by atoms with E-state index in [0.29, 0.717) is 17.3 Å². The van der Waals surface area contributed by atoms with Gasteiger partial charge in [-0.15, -0.1) is 0 Å². The van der Waals surface area contributed by atoms with E-state index in [1.807, 2.05) is 41.3 Å². The highest BCUT2D eigenvalue weighted by Crippen LogP contribution is 2.30. The zero-order valence-electron chi connectivity index (χ0n) is 17.8. The van der Waals surface area contributed by atoms with E-state index in [4.69, 9.17) is 0 Å². The number of carbonyl (C=O) groups excluding carboxylic acids is 1. The van der Waals surface area contributed by atoms with Crippen LogP contribution in [0, 0.1) is 0 Å². The summed E-state index contributed by atoms with van der Waals surface area (Å²) in [4.78, 5) is 29.3. The molecule has 3 N–H and O–H groups in total. The fourth-order valence-corrected chi connectivity index (χ4v) is 4.37. The second kappa shape index (κ2) is 8.10. The maximum atomic E-state index is 13.0. The number of aromatic nitrogens is 6. The molecule has 0 atom stereocenters. The molecule has 9 heteroatoms. The second-order valence-electron chi connectivity index (χ2n) is 8.23. The summed E-state index contributed by atoms with van der Waals surface area (Å²) < 4.78 is 1.95. The Labute approximate surface area is 189 Å². The Bertz CT molecular complexity index is 1460. The van der Waals surface area contributed by atoms with E-state index < -0.39 is 0 Å². The highest BCUT2D eigenvalue weighted by molar-refractivity contribution is 6.07. The summed E-state index contributed by atoms with van der Waals surface area (Å²) in [5, 5.41) is 11.6. The van der Waals surface area contributed by atoms with Gasteiger partial charge in [-0.25, -0.2) is 4.98 Å². The number of hydrogen-bond acceptors (Lipinski definition) is 6. The molecule has 0 bridgehead atoms. The van der Waals surface area contributed by atoms with Crippen LogP contribution in [0.25, 0.3) is 33.2 Å². The normalized spacial score (nSPS) is 14.7. The van der Waals surface area contributed by atoms with Gasteiger partial charge in [0, 0.05) is 41.9 Å². The molecule has 0 unspecified atom stereocenters. The van der Waals surface area contributed by atoms with Crippen LogP contribution >= 0.6 is 0 Å². The van der Waals surface area contributed by atoms with Gasteiger partial charge >= 0.3 is 0 Å². The van der Waals surface area contributed by atoms with Gasteiger partial charge in [0.05, 0.1) is 34.5 Å². The molecule has 0 spiro atoms. The van der Waals surface area contributed by atoms with Crippen molar-refractivity contribution in [2.24, 2.45) is 0 Å². The summed E-state index contributed by atoms with van der Waals surface area (Å²) in [7, 11) is 0. The molecule has 1 aliphatic heterocycles. The number of hydrogen-bond donors (Lipinski definition) is 3. The van der Waals surface area contributed by atoms with E-state index in [9.17, 15) is 4.79 Å². The van der Waals surface area contributed by atoms with Crippen molar-refractivity contribution in [2.75, 3.05) is 18.4 Å². The summed E-state index contributed by atoms with van der Waals surface area (Å²) in [6.07, 6.45) is 12.5. The minimum atomic E-state index is -0.217. The highest BCUT2D eigenvalue weighted by atomic mass is 16.1. The average molecular weight is 438 g/mol. The van der Waals surface area contributed by atoms with Crippen molar-refractivity contribution in [1.82, 2.24) is 35.0 Å². The number of rotatable bonds is 4. The van der Waals surface area contributed by atoms with Crippen molar-refractivity contribution in [1.29, 1.82) is 0 Å². The minimum absolute atomic E-state index is 0.217. The molecule has 0 radical (unpaired) electrons. The number of nitrogens with one attached hydrogen (secondary N) is 3. The molecule has 4 aromatic heterocycles. The molecule has 1 saturated heterocycles. The molecule has 5 heterocycles. The van der Waals surface area contributed by atoms with E-state index in [-0.39, 0.29) is 5.91 Å². The zero-order valence-corrected chi connectivity index (χ0v) is 17.8. The molecule has 0 aliphatic carbocycles. The lowest BCUT2D eigenvalue weighted by atomic mass is 10.0. The maximum Gasteiger partial charge on any atom is 0.257 e. The van der Waals surface area contributed by atoms with Gasteiger partial charge in [0.2, 0.25) is 0 Å². The van der Waals surface area contributed by atoms with Gasteiger partial charge in [-0.3, -0.25) is 19.4 Å². The second-order valence-corrected chi connectivity index (χ2v) is 8.23. The molecular weight excluding hydrogens is 416 g/mol. The number of fused-ring (bicyclic) bond motifs is 2. The van der Waals surface area contributed by atoms with E-state index in [1.165, 1.54) is 0 Å². The molecule has 1 fully saturated rings. The fourth-order valence-electron chi connectivity index (χ4n) is 4.37. The van der Waals surface area contributed by atoms with Crippen molar-refractivity contribution in [3.8, 4) is 11.1 Å². The van der Waals surface area contributed by atoms with Crippen molar-refractivity contribution in [3.63, 3.8) is 0 Å². The molecule has 1 amide bonds. The quantitative estimate of drug-likeness (QED) is 0.396. The highest BCUT2D eigenvalue weighted by Gasteiger charge is 2.17. The van der Waals surface area contributed by atoms with Crippen LogP contribution in [0.2, 0.25) is 0 Å². The van der Waals surface area contributed by atoms with Gasteiger partial charge < -0.3 is 15.6 Å². The standard InChI is InChI=1S/C24H22N8O/c33-24(31-17-12-30-32(14-17)18-3-5-25-6-4-18)16-9-19-20(13-29-23(19)28-11-16)15-1-2-21-22(10-15)27-8-7-26-21/h1-2,7-14,18,25H,3-6H2,(H,28,29)(H,31,33). The number of piperidine rings is 1. The summed E-state index contributed by atoms with van der Waals surface area (Å²) in [5.41, 5.74) is 5.48. The monoisotopic (exact) mass is 438 g/mol. The van der Waals surface area contributed by atoms with Gasteiger partial charge in [0.15, 0.2) is 0 Å². The van der Waals surface area contributed by atoms with Gasteiger partial charge in [0.1, 0.15) is 5.65 Å². The van der Waals surface area contributed by atoms with Crippen LogP contribution in [0.1, 0.15) is 29.2 Å². The Balaban J connectivity index is 1.27. The van der Waals surface area contributed by atoms with Crippen molar-refractivity contribution < 1.29 is 4.79 Å². The van der Waals surface area contributed by atoms with Gasteiger partial charge in [0.25, 0.3) is 5.91 Å². The third-order valence-corrected chi connectivity index (χ3v) is 6.12. The third kappa shape index (κ3) is 3.72. The first-order valence-electron chi connectivity index (χ1n) is 11.0. The van der Waals surface area contributed by atoms with Crippen LogP contribution < -0.4 is 10.6 Å². The van der Waals surface area contributed by atoms with Crippen LogP contribution in [0.15, 0.2) is 61.4 Å². The number of anilines is 1. The smallest absolute Gasteiger partial charge is 0.257 e. The molecule has 0 saturated carbocycles. The molecule has 164 valence electrons. The van der Waals surface area contributed by atoms with Gasteiger partial charge in [-0.1, -0.05) is 6.07 Å². The number of carbonyl (C=O) groups is 1. The first-order chi connectivity index (χ1) is 16.2. The predicted molar refractivity (Wildman–Crippen MR) is 126 cm³/mol. The van der Waals surface area contributed by atoms with Crippen molar-refractivity contribution >= 4 is 33.7 Å². The van der Waals surface area contributed by atoms with E-state index >= 15 is 0 Å². The molecule has 1 aliphatic rings. The summed E-state index contributed by atoms with van der Waals surface area (Å²) >= 11 is 0. The van der Waals surface area contributed by atoms with Crippen molar-refractivity contribution in [3.05, 3.63) is 67.0 Å². The molecule has 9 nitrogen and oxygen atoms in total. The Morgan fingerprint density at radius 1 is 1.03 bits per heavy atom. The Hall–Kier alpha value is -4.11. The SMILES string of the molecule is O=C(Nc1cnn(C2CCNCC2)c1)c1cnc2[nH]cc(-c3ccc4nccnc4c3)c2c1. The van der Waals surface area contributed by atoms with Gasteiger partial charge in [-0.2, -0.15) is 5.10 Å². The van der Waals surface area contributed by atoms with Crippen LogP contribution in [0.4, 0.5) is 5.69 Å². The number of benzene rings is 1. The first kappa shape index (κ1) is 19.6. The third-order valence-electron chi connectivity index (χ3n) is 6.12. The van der Waals surface area contributed by atoms with Crippen LogP contribution in [-0.4, -0.2) is 48.7 Å². The maximum absolute atomic E-state index is 13.0. The number of aromatic amines is 1. The number of amides is 1. The van der Waals surface area contributed by atoms with Crippen molar-refractivity contribution in [2.45, 2.75) is 18.9 Å². The molecule has 1 aromatic carbocycles. The molecule has 5 aromatic rings. The average Bonchev–Trinajstić information content (AvgIpc) is 3.51. The first-order valence-corrected chi connectivity index (χ1v) is 11.0. The molecule has 6 rings (SSSR count). The topological polar surface area (TPSA) is 113 Å². The lowest BCUT2D eigenvalue weighted by Crippen LogP contribution is -2.29. The Morgan fingerprint density at radius 2 is 1.88 bits per heavy atom. The lowest BCUT2D eigenvalue weighted by molar-refractivity contribution is 0.102. The Kier molecular flexibility index (Phi) is 4.80. The summed E-state index contributed by atoms with van der Waals surface area (Å²) in [6, 6.07) is 8.17. The number of pyridine rings is 1.